The summed E-state index contributed by atoms with van der Waals surface area (Å²) in [5.41, 5.74) is -0.851. The Morgan fingerprint density at radius 3 is 1.94 bits per heavy atom. The molecular weight excluding hydrogens is 398 g/mol. The molecule has 0 heterocycles. The molecule has 0 aliphatic heterocycles. The molecule has 8 nitrogen and oxygen atoms in total. The second-order valence-corrected chi connectivity index (χ2v) is 11.3. The van der Waals surface area contributed by atoms with Gasteiger partial charge in [0.2, 0.25) is 5.91 Å². The monoisotopic (exact) mass is 435 g/mol. The third kappa shape index (κ3) is 5.77. The predicted octanol–water partition coefficient (Wildman–Crippen LogP) is 2.51. The minimum atomic E-state index is -0.822. The standard InChI is InChI=1S/C23H37N3O5/c1-13(2)18(19(28)31-12-17(27)24-21(30)26-22(3,4)5)25-20(29)23-9-14-6-15(10-23)8-16(7-14)11-23/h13-16,18H,6-12H2,1-5H3,(H,25,29)(H2,24,26,27,30)/t14?,15?,16?,18-,23?/m1/s1. The maximum atomic E-state index is 13.3. The molecule has 0 aromatic rings. The molecule has 4 amide bonds. The lowest BCUT2D eigenvalue weighted by molar-refractivity contribution is -0.157. The third-order valence-electron chi connectivity index (χ3n) is 6.81. The molecule has 8 heteroatoms. The van der Waals surface area contributed by atoms with Gasteiger partial charge < -0.3 is 15.4 Å². The molecule has 0 unspecified atom stereocenters. The summed E-state index contributed by atoms with van der Waals surface area (Å²) in [5.74, 6) is 0.288. The summed E-state index contributed by atoms with van der Waals surface area (Å²) in [4.78, 5) is 49.6. The first kappa shape index (κ1) is 23.5. The second kappa shape index (κ2) is 8.79. The number of imide groups is 1. The Balaban J connectivity index is 1.53. The van der Waals surface area contributed by atoms with E-state index in [4.69, 9.17) is 4.74 Å². The summed E-state index contributed by atoms with van der Waals surface area (Å²) in [5, 5.41) is 7.68. The number of rotatable bonds is 6. The van der Waals surface area contributed by atoms with Crippen molar-refractivity contribution in [1.29, 1.82) is 0 Å². The molecule has 4 aliphatic carbocycles. The molecule has 1 atom stereocenters. The topological polar surface area (TPSA) is 114 Å². The fraction of sp³-hybridized carbons (Fsp3) is 0.826. The summed E-state index contributed by atoms with van der Waals surface area (Å²) in [6.45, 7) is 8.46. The molecule has 4 bridgehead atoms. The Bertz CT molecular complexity index is 705. The molecule has 0 radical (unpaired) electrons. The first-order valence-corrected chi connectivity index (χ1v) is 11.5. The van der Waals surface area contributed by atoms with E-state index in [0.29, 0.717) is 17.8 Å². The van der Waals surface area contributed by atoms with Crippen LogP contribution in [0.15, 0.2) is 0 Å². The molecule has 0 aromatic heterocycles. The van der Waals surface area contributed by atoms with Crippen molar-refractivity contribution in [3.63, 3.8) is 0 Å². The molecule has 4 rings (SSSR count). The van der Waals surface area contributed by atoms with Gasteiger partial charge in [0.15, 0.2) is 6.61 Å². The van der Waals surface area contributed by atoms with Crippen LogP contribution >= 0.6 is 0 Å². The lowest BCUT2D eigenvalue weighted by atomic mass is 9.49. The van der Waals surface area contributed by atoms with Crippen molar-refractivity contribution < 1.29 is 23.9 Å². The zero-order chi connectivity index (χ0) is 23.0. The van der Waals surface area contributed by atoms with E-state index in [2.05, 4.69) is 16.0 Å². The van der Waals surface area contributed by atoms with Gasteiger partial charge >= 0.3 is 12.0 Å². The summed E-state index contributed by atoms with van der Waals surface area (Å²) in [7, 11) is 0. The Morgan fingerprint density at radius 2 is 1.48 bits per heavy atom. The number of hydrogen-bond acceptors (Lipinski definition) is 5. The fourth-order valence-corrected chi connectivity index (χ4v) is 5.94. The summed E-state index contributed by atoms with van der Waals surface area (Å²) >= 11 is 0. The van der Waals surface area contributed by atoms with E-state index in [1.807, 2.05) is 13.8 Å². The first-order valence-electron chi connectivity index (χ1n) is 11.5. The molecule has 174 valence electrons. The van der Waals surface area contributed by atoms with Crippen molar-refractivity contribution in [3.05, 3.63) is 0 Å². The molecule has 4 saturated carbocycles. The molecule has 0 aromatic carbocycles. The van der Waals surface area contributed by atoms with E-state index in [-0.39, 0.29) is 17.2 Å². The number of amides is 4. The third-order valence-corrected chi connectivity index (χ3v) is 6.81. The summed E-state index contributed by atoms with van der Waals surface area (Å²) < 4.78 is 5.13. The van der Waals surface area contributed by atoms with Crippen molar-refractivity contribution >= 4 is 23.8 Å². The molecular formula is C23H37N3O5. The van der Waals surface area contributed by atoms with Gasteiger partial charge in [0.25, 0.3) is 5.91 Å². The Morgan fingerprint density at radius 1 is 0.968 bits per heavy atom. The molecule has 0 saturated heterocycles. The molecule has 31 heavy (non-hydrogen) atoms. The van der Waals surface area contributed by atoms with Crippen LogP contribution in [0.2, 0.25) is 0 Å². The van der Waals surface area contributed by atoms with Crippen molar-refractivity contribution in [3.8, 4) is 0 Å². The Hall–Kier alpha value is -2.12. The number of urea groups is 1. The zero-order valence-electron chi connectivity index (χ0n) is 19.4. The Kier molecular flexibility index (Phi) is 6.67. The highest BCUT2D eigenvalue weighted by molar-refractivity contribution is 5.96. The minimum absolute atomic E-state index is 0.0451. The zero-order valence-corrected chi connectivity index (χ0v) is 19.4. The van der Waals surface area contributed by atoms with Crippen LogP contribution in [0.1, 0.15) is 73.1 Å². The van der Waals surface area contributed by atoms with Crippen LogP contribution in [-0.2, 0) is 19.1 Å². The summed E-state index contributed by atoms with van der Waals surface area (Å²) in [6.07, 6.45) is 6.45. The predicted molar refractivity (Wildman–Crippen MR) is 115 cm³/mol. The van der Waals surface area contributed by atoms with Crippen LogP contribution in [0, 0.1) is 29.1 Å². The quantitative estimate of drug-likeness (QED) is 0.555. The molecule has 0 spiro atoms. The second-order valence-electron chi connectivity index (χ2n) is 11.3. The van der Waals surface area contributed by atoms with E-state index in [1.165, 1.54) is 19.3 Å². The van der Waals surface area contributed by atoms with Crippen LogP contribution < -0.4 is 16.0 Å². The van der Waals surface area contributed by atoms with Gasteiger partial charge in [-0.15, -0.1) is 0 Å². The lowest BCUT2D eigenvalue weighted by Gasteiger charge is -2.55. The normalized spacial score (nSPS) is 29.9. The van der Waals surface area contributed by atoms with Crippen molar-refractivity contribution in [1.82, 2.24) is 16.0 Å². The maximum absolute atomic E-state index is 13.3. The maximum Gasteiger partial charge on any atom is 0.329 e. The van der Waals surface area contributed by atoms with Crippen LogP contribution in [0.3, 0.4) is 0 Å². The highest BCUT2D eigenvalue weighted by Gasteiger charge is 2.55. The molecule has 4 fully saturated rings. The smallest absolute Gasteiger partial charge is 0.329 e. The highest BCUT2D eigenvalue weighted by atomic mass is 16.5. The van der Waals surface area contributed by atoms with E-state index >= 15 is 0 Å². The van der Waals surface area contributed by atoms with Crippen molar-refractivity contribution in [2.45, 2.75) is 84.7 Å². The number of carbonyl (C=O) groups excluding carboxylic acids is 4. The van der Waals surface area contributed by atoms with Crippen molar-refractivity contribution in [2.75, 3.05) is 6.61 Å². The molecule has 4 aliphatic rings. The van der Waals surface area contributed by atoms with Crippen LogP contribution in [0.4, 0.5) is 4.79 Å². The van der Waals surface area contributed by atoms with Crippen LogP contribution in [0.25, 0.3) is 0 Å². The van der Waals surface area contributed by atoms with Crippen LogP contribution in [-0.4, -0.2) is 42.0 Å². The van der Waals surface area contributed by atoms with Gasteiger partial charge in [-0.1, -0.05) is 13.8 Å². The minimum Gasteiger partial charge on any atom is -0.454 e. The van der Waals surface area contributed by atoms with Gasteiger partial charge in [0, 0.05) is 11.0 Å². The number of ether oxygens (including phenoxy) is 1. The lowest BCUT2D eigenvalue weighted by Crippen LogP contribution is -2.57. The van der Waals surface area contributed by atoms with Gasteiger partial charge in [0.1, 0.15) is 6.04 Å². The van der Waals surface area contributed by atoms with Crippen LogP contribution in [0.5, 0.6) is 0 Å². The average Bonchev–Trinajstić information content (AvgIpc) is 2.60. The number of esters is 1. The first-order chi connectivity index (χ1) is 14.4. The van der Waals surface area contributed by atoms with Gasteiger partial charge in [-0.05, 0) is 83.0 Å². The summed E-state index contributed by atoms with van der Waals surface area (Å²) in [6, 6.07) is -1.47. The van der Waals surface area contributed by atoms with Gasteiger partial charge in [0.05, 0.1) is 0 Å². The van der Waals surface area contributed by atoms with E-state index in [0.717, 1.165) is 19.3 Å². The van der Waals surface area contributed by atoms with E-state index < -0.39 is 36.1 Å². The van der Waals surface area contributed by atoms with Gasteiger partial charge in [-0.25, -0.2) is 9.59 Å². The van der Waals surface area contributed by atoms with E-state index in [1.54, 1.807) is 20.8 Å². The largest absolute Gasteiger partial charge is 0.454 e. The van der Waals surface area contributed by atoms with E-state index in [9.17, 15) is 19.2 Å². The Labute approximate surface area is 184 Å². The van der Waals surface area contributed by atoms with Gasteiger partial charge in [-0.2, -0.15) is 0 Å². The van der Waals surface area contributed by atoms with Gasteiger partial charge in [-0.3, -0.25) is 14.9 Å². The fourth-order valence-electron chi connectivity index (χ4n) is 5.94. The SMILES string of the molecule is CC(C)[C@@H](NC(=O)C12CC3CC(CC(C3)C1)C2)C(=O)OCC(=O)NC(=O)NC(C)(C)C. The van der Waals surface area contributed by atoms with Crippen molar-refractivity contribution in [2.24, 2.45) is 29.1 Å². The average molecular weight is 436 g/mol. The molecule has 3 N–H and O–H groups in total. The highest BCUT2D eigenvalue weighted by Crippen LogP contribution is 2.60. The number of carbonyl (C=O) groups is 4. The number of nitrogens with one attached hydrogen (secondary N) is 3. The number of hydrogen-bond donors (Lipinski definition) is 3.